The first-order chi connectivity index (χ1) is 10.4. The second-order valence-electron chi connectivity index (χ2n) is 4.47. The highest BCUT2D eigenvalue weighted by atomic mass is 14.9. The average Bonchev–Trinajstić information content (AvgIpc) is 2.58. The third-order valence-corrected chi connectivity index (χ3v) is 2.87. The molecule has 0 bridgehead atoms. The number of benzene rings is 3. The van der Waals surface area contributed by atoms with Crippen LogP contribution in [0.4, 0.5) is 11.4 Å². The number of hydrogen-bond donors (Lipinski definition) is 1. The summed E-state index contributed by atoms with van der Waals surface area (Å²) < 4.78 is 0. The Morgan fingerprint density at radius 3 is 1.29 bits per heavy atom. The topological polar surface area (TPSA) is 12.0 Å². The Morgan fingerprint density at radius 1 is 0.571 bits per heavy atom. The molecule has 21 heavy (non-hydrogen) atoms. The zero-order valence-corrected chi connectivity index (χ0v) is 11.9. The van der Waals surface area contributed by atoms with Crippen molar-refractivity contribution in [3.63, 3.8) is 0 Å². The summed E-state index contributed by atoms with van der Waals surface area (Å²) in [5.41, 5.74) is 3.41. The summed E-state index contributed by atoms with van der Waals surface area (Å²) in [4.78, 5) is 0. The summed E-state index contributed by atoms with van der Waals surface area (Å²) in [5.74, 6) is 0. The van der Waals surface area contributed by atoms with E-state index in [4.69, 9.17) is 0 Å². The van der Waals surface area contributed by atoms with Gasteiger partial charge >= 0.3 is 0 Å². The van der Waals surface area contributed by atoms with Gasteiger partial charge in [-0.1, -0.05) is 79.4 Å². The summed E-state index contributed by atoms with van der Waals surface area (Å²) in [6.07, 6.45) is 1.83. The van der Waals surface area contributed by atoms with Crippen LogP contribution in [0.1, 0.15) is 5.56 Å². The molecule has 1 heteroatoms. The van der Waals surface area contributed by atoms with Gasteiger partial charge in [0.15, 0.2) is 0 Å². The third-order valence-electron chi connectivity index (χ3n) is 2.87. The Balaban J connectivity index is 0.000000173. The predicted octanol–water partition coefficient (Wildman–Crippen LogP) is 5.76. The lowest BCUT2D eigenvalue weighted by molar-refractivity contribution is 1.55. The van der Waals surface area contributed by atoms with E-state index in [-0.39, 0.29) is 0 Å². The lowest BCUT2D eigenvalue weighted by atomic mass is 10.2. The summed E-state index contributed by atoms with van der Waals surface area (Å²) >= 11 is 0. The molecule has 0 fully saturated rings. The van der Waals surface area contributed by atoms with Crippen LogP contribution in [-0.2, 0) is 0 Å². The first kappa shape index (κ1) is 14.6. The molecular formula is C20H19N. The summed E-state index contributed by atoms with van der Waals surface area (Å²) in [6.45, 7) is 3.63. The Kier molecular flexibility index (Phi) is 5.83. The van der Waals surface area contributed by atoms with Crippen LogP contribution in [0.15, 0.2) is 97.6 Å². The first-order valence-electron chi connectivity index (χ1n) is 6.93. The number of rotatable bonds is 3. The van der Waals surface area contributed by atoms with Gasteiger partial charge in [0.25, 0.3) is 0 Å². The zero-order valence-electron chi connectivity index (χ0n) is 11.9. The molecule has 104 valence electrons. The molecule has 0 aliphatic rings. The molecule has 0 amide bonds. The molecule has 0 aliphatic carbocycles. The van der Waals surface area contributed by atoms with Gasteiger partial charge in [-0.05, 0) is 29.8 Å². The van der Waals surface area contributed by atoms with Gasteiger partial charge in [-0.25, -0.2) is 0 Å². The summed E-state index contributed by atoms with van der Waals surface area (Å²) in [5, 5.41) is 3.30. The molecule has 0 saturated heterocycles. The highest BCUT2D eigenvalue weighted by Crippen LogP contribution is 2.14. The maximum Gasteiger partial charge on any atom is 0.0384 e. The molecule has 0 radical (unpaired) electrons. The van der Waals surface area contributed by atoms with Crippen molar-refractivity contribution in [3.8, 4) is 0 Å². The molecule has 0 aliphatic heterocycles. The van der Waals surface area contributed by atoms with Gasteiger partial charge in [0, 0.05) is 11.4 Å². The summed E-state index contributed by atoms with van der Waals surface area (Å²) in [7, 11) is 0. The predicted molar refractivity (Wildman–Crippen MR) is 92.7 cm³/mol. The van der Waals surface area contributed by atoms with Crippen LogP contribution in [-0.4, -0.2) is 0 Å². The lowest BCUT2D eigenvalue weighted by Gasteiger charge is -2.04. The van der Waals surface area contributed by atoms with Gasteiger partial charge in [0.05, 0.1) is 0 Å². The van der Waals surface area contributed by atoms with Crippen LogP contribution in [0.3, 0.4) is 0 Å². The minimum Gasteiger partial charge on any atom is -0.356 e. The smallest absolute Gasteiger partial charge is 0.0384 e. The molecule has 3 aromatic rings. The van der Waals surface area contributed by atoms with Crippen LogP contribution < -0.4 is 5.32 Å². The van der Waals surface area contributed by atoms with Crippen LogP contribution in [0.25, 0.3) is 6.08 Å². The first-order valence-corrected chi connectivity index (χ1v) is 6.93. The van der Waals surface area contributed by atoms with Crippen LogP contribution in [0.2, 0.25) is 0 Å². The van der Waals surface area contributed by atoms with Crippen molar-refractivity contribution in [1.82, 2.24) is 0 Å². The number of nitrogens with one attached hydrogen (secondary N) is 1. The molecule has 0 heterocycles. The molecule has 0 spiro atoms. The fourth-order valence-electron chi connectivity index (χ4n) is 1.80. The maximum atomic E-state index is 3.63. The minimum atomic E-state index is 1.12. The lowest BCUT2D eigenvalue weighted by Crippen LogP contribution is -1.87. The summed E-state index contributed by atoms with van der Waals surface area (Å²) in [6, 6.07) is 30.3. The van der Waals surface area contributed by atoms with Gasteiger partial charge < -0.3 is 5.32 Å². The Hall–Kier alpha value is -2.80. The van der Waals surface area contributed by atoms with Crippen molar-refractivity contribution in [3.05, 3.63) is 103 Å². The minimum absolute atomic E-state index is 1.12. The average molecular weight is 273 g/mol. The standard InChI is InChI=1S/C12H11N.C8H8/c1-3-7-11(8-4-1)13-12-9-5-2-6-10-12;1-2-8-6-4-3-5-7-8/h1-10,13H;2-7H,1H2. The van der Waals surface area contributed by atoms with E-state index in [0.717, 1.165) is 11.4 Å². The molecule has 3 rings (SSSR count). The molecule has 1 nitrogen and oxygen atoms in total. The van der Waals surface area contributed by atoms with Crippen molar-refractivity contribution >= 4 is 17.5 Å². The van der Waals surface area contributed by atoms with Crippen molar-refractivity contribution in [2.75, 3.05) is 5.32 Å². The molecule has 3 aromatic carbocycles. The monoisotopic (exact) mass is 273 g/mol. The van der Waals surface area contributed by atoms with E-state index >= 15 is 0 Å². The van der Waals surface area contributed by atoms with E-state index in [1.807, 2.05) is 97.1 Å². The molecule has 0 unspecified atom stereocenters. The second-order valence-corrected chi connectivity index (χ2v) is 4.47. The van der Waals surface area contributed by atoms with Crippen molar-refractivity contribution in [1.29, 1.82) is 0 Å². The quantitative estimate of drug-likeness (QED) is 0.639. The fraction of sp³-hybridized carbons (Fsp3) is 0. The Morgan fingerprint density at radius 2 is 0.952 bits per heavy atom. The number of anilines is 2. The molecule has 1 N–H and O–H groups in total. The van der Waals surface area contributed by atoms with E-state index in [2.05, 4.69) is 11.9 Å². The zero-order chi connectivity index (χ0) is 14.8. The van der Waals surface area contributed by atoms with Crippen LogP contribution in [0.5, 0.6) is 0 Å². The van der Waals surface area contributed by atoms with Crippen LogP contribution in [0, 0.1) is 0 Å². The number of hydrogen-bond acceptors (Lipinski definition) is 1. The number of para-hydroxylation sites is 2. The van der Waals surface area contributed by atoms with Gasteiger partial charge in [0.2, 0.25) is 0 Å². The van der Waals surface area contributed by atoms with Gasteiger partial charge in [-0.15, -0.1) is 0 Å². The van der Waals surface area contributed by atoms with Gasteiger partial charge in [-0.2, -0.15) is 0 Å². The van der Waals surface area contributed by atoms with Crippen LogP contribution >= 0.6 is 0 Å². The van der Waals surface area contributed by atoms with E-state index in [1.54, 1.807) is 0 Å². The normalized spacial score (nSPS) is 9.14. The highest BCUT2D eigenvalue weighted by molar-refractivity contribution is 5.58. The van der Waals surface area contributed by atoms with Crippen molar-refractivity contribution < 1.29 is 0 Å². The second kappa shape index (κ2) is 8.39. The Labute approximate surface area is 126 Å². The largest absolute Gasteiger partial charge is 0.356 e. The van der Waals surface area contributed by atoms with E-state index in [9.17, 15) is 0 Å². The molecule has 0 saturated carbocycles. The van der Waals surface area contributed by atoms with Crippen molar-refractivity contribution in [2.45, 2.75) is 0 Å². The third kappa shape index (κ3) is 5.37. The van der Waals surface area contributed by atoms with E-state index < -0.39 is 0 Å². The highest BCUT2D eigenvalue weighted by Gasteiger charge is 1.89. The molecule has 0 atom stereocenters. The molecular weight excluding hydrogens is 254 g/mol. The molecule has 0 aromatic heterocycles. The van der Waals surface area contributed by atoms with Gasteiger partial charge in [0.1, 0.15) is 0 Å². The van der Waals surface area contributed by atoms with E-state index in [0.29, 0.717) is 0 Å². The van der Waals surface area contributed by atoms with E-state index in [1.165, 1.54) is 5.56 Å². The fourth-order valence-corrected chi connectivity index (χ4v) is 1.80. The SMILES string of the molecule is C=Cc1ccccc1.c1ccc(Nc2ccccc2)cc1. The maximum absolute atomic E-state index is 3.63. The van der Waals surface area contributed by atoms with Gasteiger partial charge in [-0.3, -0.25) is 0 Å². The Bertz CT molecular complexity index is 593. The van der Waals surface area contributed by atoms with Crippen molar-refractivity contribution in [2.24, 2.45) is 0 Å².